The van der Waals surface area contributed by atoms with Gasteiger partial charge in [0.2, 0.25) is 0 Å². The molecule has 4 rings (SSSR count). The third-order valence-electron chi connectivity index (χ3n) is 4.37. The summed E-state index contributed by atoms with van der Waals surface area (Å²) in [5.41, 5.74) is 2.85. The van der Waals surface area contributed by atoms with Gasteiger partial charge in [0.25, 0.3) is 5.91 Å². The number of hydrogen-bond acceptors (Lipinski definition) is 5. The van der Waals surface area contributed by atoms with Crippen LogP contribution >= 0.6 is 0 Å². The van der Waals surface area contributed by atoms with Crippen LogP contribution in [0.4, 0.5) is 5.82 Å². The molecule has 1 saturated heterocycles. The Morgan fingerprint density at radius 1 is 1.08 bits per heavy atom. The van der Waals surface area contributed by atoms with Crippen LogP contribution in [0.5, 0.6) is 0 Å². The van der Waals surface area contributed by atoms with E-state index >= 15 is 0 Å². The van der Waals surface area contributed by atoms with Crippen LogP contribution in [0.3, 0.4) is 0 Å². The molecular formula is C19H19N5O. The van der Waals surface area contributed by atoms with Gasteiger partial charge in [0.15, 0.2) is 0 Å². The first-order valence-electron chi connectivity index (χ1n) is 8.49. The van der Waals surface area contributed by atoms with E-state index in [-0.39, 0.29) is 5.91 Å². The molecule has 1 amide bonds. The van der Waals surface area contributed by atoms with Crippen molar-refractivity contribution in [3.63, 3.8) is 0 Å². The maximum Gasteiger partial charge on any atom is 0.271 e. The number of rotatable bonds is 4. The normalized spacial score (nSPS) is 14.0. The van der Waals surface area contributed by atoms with Gasteiger partial charge in [0.05, 0.1) is 17.2 Å². The molecule has 3 aromatic rings. The third kappa shape index (κ3) is 3.42. The quantitative estimate of drug-likeness (QED) is 0.794. The van der Waals surface area contributed by atoms with Crippen molar-refractivity contribution >= 4 is 22.8 Å². The molecule has 0 atom stereocenters. The number of carbonyl (C=O) groups excluding carboxylic acids is 1. The second-order valence-electron chi connectivity index (χ2n) is 6.14. The van der Waals surface area contributed by atoms with Crippen LogP contribution < -0.4 is 10.2 Å². The van der Waals surface area contributed by atoms with Gasteiger partial charge in [0, 0.05) is 25.8 Å². The first kappa shape index (κ1) is 15.5. The number of hydrogen-bond donors (Lipinski definition) is 1. The molecule has 1 N–H and O–H groups in total. The van der Waals surface area contributed by atoms with E-state index in [0.717, 1.165) is 35.5 Å². The fraction of sp³-hybridized carbons (Fsp3) is 0.263. The Labute approximate surface area is 145 Å². The van der Waals surface area contributed by atoms with Gasteiger partial charge >= 0.3 is 0 Å². The molecule has 0 unspecified atom stereocenters. The Morgan fingerprint density at radius 3 is 2.72 bits per heavy atom. The van der Waals surface area contributed by atoms with Gasteiger partial charge in [0.1, 0.15) is 11.5 Å². The zero-order valence-electron chi connectivity index (χ0n) is 13.9. The van der Waals surface area contributed by atoms with Crippen molar-refractivity contribution in [2.45, 2.75) is 19.4 Å². The molecular weight excluding hydrogens is 314 g/mol. The maximum atomic E-state index is 12.4. The minimum atomic E-state index is -0.224. The third-order valence-corrected chi connectivity index (χ3v) is 4.37. The van der Waals surface area contributed by atoms with Gasteiger partial charge < -0.3 is 10.2 Å². The molecule has 0 bridgehead atoms. The lowest BCUT2D eigenvalue weighted by atomic mass is 10.2. The van der Waals surface area contributed by atoms with Crippen LogP contribution in [0.1, 0.15) is 28.9 Å². The summed E-state index contributed by atoms with van der Waals surface area (Å²) in [7, 11) is 0. The van der Waals surface area contributed by atoms with E-state index in [2.05, 4.69) is 25.2 Å². The van der Waals surface area contributed by atoms with E-state index < -0.39 is 0 Å². The number of aromatic nitrogens is 3. The Kier molecular flexibility index (Phi) is 4.24. The van der Waals surface area contributed by atoms with Crippen molar-refractivity contribution in [2.24, 2.45) is 0 Å². The number of nitrogens with one attached hydrogen (secondary N) is 1. The van der Waals surface area contributed by atoms with Crippen LogP contribution in [0.2, 0.25) is 0 Å². The van der Waals surface area contributed by atoms with Crippen molar-refractivity contribution in [2.75, 3.05) is 18.0 Å². The van der Waals surface area contributed by atoms with E-state index in [9.17, 15) is 4.79 Å². The highest BCUT2D eigenvalue weighted by molar-refractivity contribution is 5.93. The largest absolute Gasteiger partial charge is 0.357 e. The number of para-hydroxylation sites is 2. The maximum absolute atomic E-state index is 12.4. The summed E-state index contributed by atoms with van der Waals surface area (Å²) < 4.78 is 0. The first-order chi connectivity index (χ1) is 12.3. The zero-order chi connectivity index (χ0) is 17.1. The summed E-state index contributed by atoms with van der Waals surface area (Å²) in [4.78, 5) is 27.7. The van der Waals surface area contributed by atoms with E-state index in [0.29, 0.717) is 12.2 Å². The molecule has 3 heterocycles. The van der Waals surface area contributed by atoms with Crippen molar-refractivity contribution in [1.29, 1.82) is 0 Å². The van der Waals surface area contributed by atoms with Gasteiger partial charge in [-0.1, -0.05) is 12.1 Å². The minimum Gasteiger partial charge on any atom is -0.357 e. The van der Waals surface area contributed by atoms with Crippen LogP contribution in [0, 0.1) is 0 Å². The van der Waals surface area contributed by atoms with Crippen molar-refractivity contribution in [1.82, 2.24) is 20.3 Å². The fourth-order valence-electron chi connectivity index (χ4n) is 3.03. The minimum absolute atomic E-state index is 0.224. The molecule has 0 saturated carbocycles. The Morgan fingerprint density at radius 2 is 1.88 bits per heavy atom. The SMILES string of the molecule is O=C(NCc1ccnc(N2CCCC2)c1)c1cnc2ccccc2n1. The standard InChI is InChI=1S/C19H19N5O/c25-19(17-13-21-15-5-1-2-6-16(15)23-17)22-12-14-7-8-20-18(11-14)24-9-3-4-10-24/h1-2,5-8,11,13H,3-4,9-10,12H2,(H,22,25). The molecule has 6 nitrogen and oxygen atoms in total. The average molecular weight is 333 g/mol. The van der Waals surface area contributed by atoms with Crippen molar-refractivity contribution in [3.05, 3.63) is 60.0 Å². The highest BCUT2D eigenvalue weighted by atomic mass is 16.1. The lowest BCUT2D eigenvalue weighted by Crippen LogP contribution is -2.24. The molecule has 25 heavy (non-hydrogen) atoms. The summed E-state index contributed by atoms with van der Waals surface area (Å²) in [6.45, 7) is 2.54. The van der Waals surface area contributed by atoms with Crippen LogP contribution in [-0.4, -0.2) is 33.9 Å². The lowest BCUT2D eigenvalue weighted by molar-refractivity contribution is 0.0946. The Bertz CT molecular complexity index is 905. The molecule has 6 heteroatoms. The number of carbonyl (C=O) groups is 1. The second-order valence-corrected chi connectivity index (χ2v) is 6.14. The van der Waals surface area contributed by atoms with Crippen LogP contribution in [0.15, 0.2) is 48.8 Å². The second kappa shape index (κ2) is 6.84. The molecule has 0 aliphatic carbocycles. The molecule has 1 fully saturated rings. The molecule has 1 aromatic carbocycles. The average Bonchev–Trinajstić information content (AvgIpc) is 3.21. The summed E-state index contributed by atoms with van der Waals surface area (Å²) in [6, 6.07) is 11.5. The highest BCUT2D eigenvalue weighted by Gasteiger charge is 2.14. The van der Waals surface area contributed by atoms with Crippen LogP contribution in [-0.2, 0) is 6.54 Å². The van der Waals surface area contributed by atoms with Crippen LogP contribution in [0.25, 0.3) is 11.0 Å². The zero-order valence-corrected chi connectivity index (χ0v) is 13.9. The van der Waals surface area contributed by atoms with E-state index in [1.54, 1.807) is 6.20 Å². The summed E-state index contributed by atoms with van der Waals surface area (Å²) in [5.74, 6) is 0.757. The van der Waals surface area contributed by atoms with Gasteiger partial charge in [-0.25, -0.2) is 9.97 Å². The Hall–Kier alpha value is -3.02. The molecule has 0 spiro atoms. The Balaban J connectivity index is 1.45. The highest BCUT2D eigenvalue weighted by Crippen LogP contribution is 2.18. The summed E-state index contributed by atoms with van der Waals surface area (Å²) in [6.07, 6.45) is 5.73. The molecule has 1 aliphatic heterocycles. The monoisotopic (exact) mass is 333 g/mol. The lowest BCUT2D eigenvalue weighted by Gasteiger charge is -2.16. The first-order valence-corrected chi connectivity index (χ1v) is 8.49. The van der Waals surface area contributed by atoms with E-state index in [1.165, 1.54) is 19.0 Å². The summed E-state index contributed by atoms with van der Waals surface area (Å²) >= 11 is 0. The van der Waals surface area contributed by atoms with Gasteiger partial charge in [-0.15, -0.1) is 0 Å². The topological polar surface area (TPSA) is 71.0 Å². The van der Waals surface area contributed by atoms with Gasteiger partial charge in [-0.05, 0) is 42.7 Å². The predicted octanol–water partition coefficient (Wildman–Crippen LogP) is 2.56. The van der Waals surface area contributed by atoms with Gasteiger partial charge in [-0.2, -0.15) is 0 Å². The number of amides is 1. The number of anilines is 1. The predicted molar refractivity (Wildman–Crippen MR) is 96.4 cm³/mol. The van der Waals surface area contributed by atoms with E-state index in [4.69, 9.17) is 0 Å². The van der Waals surface area contributed by atoms with E-state index in [1.807, 2.05) is 36.4 Å². The van der Waals surface area contributed by atoms with Gasteiger partial charge in [-0.3, -0.25) is 9.78 Å². The fourth-order valence-corrected chi connectivity index (χ4v) is 3.03. The summed E-state index contributed by atoms with van der Waals surface area (Å²) in [5, 5.41) is 2.91. The van der Waals surface area contributed by atoms with Crippen molar-refractivity contribution in [3.8, 4) is 0 Å². The number of fused-ring (bicyclic) bond motifs is 1. The number of benzene rings is 1. The molecule has 126 valence electrons. The molecule has 0 radical (unpaired) electrons. The smallest absolute Gasteiger partial charge is 0.271 e. The van der Waals surface area contributed by atoms with Crippen molar-refractivity contribution < 1.29 is 4.79 Å². The molecule has 1 aliphatic rings. The number of nitrogens with zero attached hydrogens (tertiary/aromatic N) is 4. The molecule has 2 aromatic heterocycles. The number of pyridine rings is 1.